The third-order valence-electron chi connectivity index (χ3n) is 1.34. The molecule has 0 amide bonds. The molecule has 0 aliphatic rings. The van der Waals surface area contributed by atoms with E-state index in [-0.39, 0.29) is 10.5 Å². The highest BCUT2D eigenvalue weighted by molar-refractivity contribution is 6.59. The van der Waals surface area contributed by atoms with Crippen LogP contribution in [0.25, 0.3) is 0 Å². The first-order chi connectivity index (χ1) is 5.52. The third kappa shape index (κ3) is 1.69. The Labute approximate surface area is 73.2 Å². The van der Waals surface area contributed by atoms with E-state index < -0.39 is 18.7 Å². The van der Waals surface area contributed by atoms with Gasteiger partial charge < -0.3 is 15.2 Å². The standard InChI is InChI=1S/C6H5BClFO3/c8-4-1-3(7(11)12)5(9)2-6(4)10/h1-2,10-12H. The average Bonchev–Trinajstić information content (AvgIpc) is 1.96. The van der Waals surface area contributed by atoms with Gasteiger partial charge in [0.05, 0.1) is 5.02 Å². The molecule has 0 saturated heterocycles. The number of phenolic OH excluding ortho intramolecular Hbond substituents is 1. The van der Waals surface area contributed by atoms with Crippen LogP contribution >= 0.6 is 11.6 Å². The molecule has 0 aliphatic carbocycles. The van der Waals surface area contributed by atoms with E-state index in [1.54, 1.807) is 0 Å². The molecule has 6 heteroatoms. The largest absolute Gasteiger partial charge is 0.506 e. The van der Waals surface area contributed by atoms with Crippen LogP contribution in [0.3, 0.4) is 0 Å². The topological polar surface area (TPSA) is 60.7 Å². The van der Waals surface area contributed by atoms with E-state index in [1.165, 1.54) is 0 Å². The predicted molar refractivity (Wildman–Crippen MR) is 42.9 cm³/mol. The molecule has 3 N–H and O–H groups in total. The lowest BCUT2D eigenvalue weighted by molar-refractivity contribution is 0.422. The van der Waals surface area contributed by atoms with E-state index in [0.717, 1.165) is 12.1 Å². The van der Waals surface area contributed by atoms with Gasteiger partial charge in [0.1, 0.15) is 11.6 Å². The maximum absolute atomic E-state index is 12.7. The molecular formula is C6H5BClFO3. The monoisotopic (exact) mass is 190 g/mol. The number of phenols is 1. The Hall–Kier alpha value is -0.775. The molecule has 0 radical (unpaired) electrons. The molecular weight excluding hydrogens is 185 g/mol. The van der Waals surface area contributed by atoms with Gasteiger partial charge in [-0.25, -0.2) is 4.39 Å². The summed E-state index contributed by atoms with van der Waals surface area (Å²) >= 11 is 5.39. The fourth-order valence-electron chi connectivity index (χ4n) is 0.750. The lowest BCUT2D eigenvalue weighted by Crippen LogP contribution is -2.32. The van der Waals surface area contributed by atoms with Crippen LogP contribution in [0.15, 0.2) is 12.1 Å². The van der Waals surface area contributed by atoms with E-state index in [4.69, 9.17) is 26.8 Å². The maximum atomic E-state index is 12.7. The first-order valence-corrected chi connectivity index (χ1v) is 3.44. The summed E-state index contributed by atoms with van der Waals surface area (Å²) in [6.07, 6.45) is 0. The second-order valence-corrected chi connectivity index (χ2v) is 2.61. The summed E-state index contributed by atoms with van der Waals surface area (Å²) in [5.41, 5.74) is -0.363. The lowest BCUT2D eigenvalue weighted by Gasteiger charge is -2.03. The van der Waals surface area contributed by atoms with E-state index in [1.807, 2.05) is 0 Å². The van der Waals surface area contributed by atoms with Gasteiger partial charge in [-0.1, -0.05) is 11.6 Å². The summed E-state index contributed by atoms with van der Waals surface area (Å²) in [4.78, 5) is 0. The van der Waals surface area contributed by atoms with Crippen LogP contribution in [0.1, 0.15) is 0 Å². The molecule has 0 unspecified atom stereocenters. The molecule has 0 heterocycles. The Morgan fingerprint density at radius 1 is 1.33 bits per heavy atom. The number of hydrogen-bond acceptors (Lipinski definition) is 3. The number of benzene rings is 1. The Balaban J connectivity index is 3.23. The van der Waals surface area contributed by atoms with Crippen molar-refractivity contribution < 1.29 is 19.5 Å². The number of aromatic hydroxyl groups is 1. The van der Waals surface area contributed by atoms with Gasteiger partial charge in [-0.3, -0.25) is 0 Å². The molecule has 12 heavy (non-hydrogen) atoms. The molecule has 0 saturated carbocycles. The van der Waals surface area contributed by atoms with E-state index in [2.05, 4.69) is 0 Å². The summed E-state index contributed by atoms with van der Waals surface area (Å²) in [7, 11) is -1.93. The van der Waals surface area contributed by atoms with Crippen LogP contribution in [0.5, 0.6) is 5.75 Å². The van der Waals surface area contributed by atoms with E-state index in [9.17, 15) is 4.39 Å². The van der Waals surface area contributed by atoms with Gasteiger partial charge >= 0.3 is 7.12 Å². The minimum absolute atomic E-state index is 0.125. The molecule has 0 fully saturated rings. The summed E-state index contributed by atoms with van der Waals surface area (Å²) < 4.78 is 12.7. The van der Waals surface area contributed by atoms with Crippen molar-refractivity contribution >= 4 is 24.2 Å². The van der Waals surface area contributed by atoms with Crippen LogP contribution in [0, 0.1) is 5.82 Å². The van der Waals surface area contributed by atoms with Gasteiger partial charge in [-0.05, 0) is 6.07 Å². The Bertz CT molecular complexity index is 305. The zero-order valence-electron chi connectivity index (χ0n) is 5.83. The summed E-state index contributed by atoms with van der Waals surface area (Å²) in [6.45, 7) is 0. The Kier molecular flexibility index (Phi) is 2.57. The van der Waals surface area contributed by atoms with Crippen LogP contribution < -0.4 is 5.46 Å². The number of hydrogen-bond donors (Lipinski definition) is 3. The molecule has 0 bridgehead atoms. The Morgan fingerprint density at radius 2 is 1.92 bits per heavy atom. The summed E-state index contributed by atoms with van der Waals surface area (Å²) in [5, 5.41) is 25.9. The van der Waals surface area contributed by atoms with Crippen molar-refractivity contribution in [3.8, 4) is 5.75 Å². The average molecular weight is 190 g/mol. The highest BCUT2D eigenvalue weighted by Gasteiger charge is 2.18. The van der Waals surface area contributed by atoms with Crippen molar-refractivity contribution in [3.05, 3.63) is 23.0 Å². The molecule has 0 spiro atoms. The second kappa shape index (κ2) is 3.31. The van der Waals surface area contributed by atoms with Gasteiger partial charge in [0.2, 0.25) is 0 Å². The van der Waals surface area contributed by atoms with Gasteiger partial charge in [-0.2, -0.15) is 0 Å². The van der Waals surface area contributed by atoms with Gasteiger partial charge in [0.15, 0.2) is 0 Å². The zero-order valence-corrected chi connectivity index (χ0v) is 6.59. The lowest BCUT2D eigenvalue weighted by atomic mass is 9.80. The quantitative estimate of drug-likeness (QED) is 0.540. The fraction of sp³-hybridized carbons (Fsp3) is 0. The summed E-state index contributed by atoms with van der Waals surface area (Å²) in [6, 6.07) is 1.67. The van der Waals surface area contributed by atoms with Crippen LogP contribution in [-0.2, 0) is 0 Å². The van der Waals surface area contributed by atoms with Crippen molar-refractivity contribution in [3.63, 3.8) is 0 Å². The zero-order chi connectivity index (χ0) is 9.30. The minimum atomic E-state index is -1.93. The number of rotatable bonds is 1. The first-order valence-electron chi connectivity index (χ1n) is 3.06. The van der Waals surface area contributed by atoms with Gasteiger partial charge in [0, 0.05) is 11.5 Å². The van der Waals surface area contributed by atoms with E-state index in [0.29, 0.717) is 0 Å². The molecule has 1 aromatic carbocycles. The SMILES string of the molecule is OB(O)c1cc(Cl)c(O)cc1F. The van der Waals surface area contributed by atoms with Crippen molar-refractivity contribution in [1.82, 2.24) is 0 Å². The molecule has 0 aliphatic heterocycles. The van der Waals surface area contributed by atoms with Crippen molar-refractivity contribution in [2.75, 3.05) is 0 Å². The highest BCUT2D eigenvalue weighted by Crippen LogP contribution is 2.21. The van der Waals surface area contributed by atoms with Gasteiger partial charge in [0.25, 0.3) is 0 Å². The maximum Gasteiger partial charge on any atom is 0.491 e. The van der Waals surface area contributed by atoms with Gasteiger partial charge in [-0.15, -0.1) is 0 Å². The Morgan fingerprint density at radius 3 is 2.42 bits per heavy atom. The molecule has 0 atom stereocenters. The van der Waals surface area contributed by atoms with Crippen molar-refractivity contribution in [1.29, 1.82) is 0 Å². The molecule has 1 rings (SSSR count). The second-order valence-electron chi connectivity index (χ2n) is 2.20. The highest BCUT2D eigenvalue weighted by atomic mass is 35.5. The fourth-order valence-corrected chi connectivity index (χ4v) is 0.922. The normalized spacial score (nSPS) is 10.0. The van der Waals surface area contributed by atoms with Crippen LogP contribution in [-0.4, -0.2) is 22.3 Å². The number of halogens is 2. The van der Waals surface area contributed by atoms with E-state index >= 15 is 0 Å². The van der Waals surface area contributed by atoms with Crippen LogP contribution in [0.2, 0.25) is 5.02 Å². The minimum Gasteiger partial charge on any atom is -0.506 e. The molecule has 64 valence electrons. The van der Waals surface area contributed by atoms with Crippen molar-refractivity contribution in [2.24, 2.45) is 0 Å². The first kappa shape index (κ1) is 9.31. The summed E-state index contributed by atoms with van der Waals surface area (Å²) in [5.74, 6) is -1.34. The molecule has 3 nitrogen and oxygen atoms in total. The molecule has 1 aromatic rings. The predicted octanol–water partition coefficient (Wildman–Crippen LogP) is -0.136. The van der Waals surface area contributed by atoms with Crippen molar-refractivity contribution in [2.45, 2.75) is 0 Å². The third-order valence-corrected chi connectivity index (χ3v) is 1.65. The smallest absolute Gasteiger partial charge is 0.491 e. The van der Waals surface area contributed by atoms with Crippen LogP contribution in [0.4, 0.5) is 4.39 Å². The molecule has 0 aromatic heterocycles.